The van der Waals surface area contributed by atoms with Crippen molar-refractivity contribution >= 4 is 17.2 Å². The zero-order chi connectivity index (χ0) is 13.7. The molecule has 0 bridgehead atoms. The number of ether oxygens (including phenoxy) is 1. The zero-order valence-corrected chi connectivity index (χ0v) is 12.4. The van der Waals surface area contributed by atoms with Crippen molar-refractivity contribution in [2.24, 2.45) is 0 Å². The topological polar surface area (TPSA) is 41.6 Å². The maximum atomic E-state index is 12.4. The Morgan fingerprint density at radius 2 is 2.47 bits per heavy atom. The van der Waals surface area contributed by atoms with Gasteiger partial charge >= 0.3 is 0 Å². The quantitative estimate of drug-likeness (QED) is 0.896. The van der Waals surface area contributed by atoms with Gasteiger partial charge in [0.1, 0.15) is 0 Å². The van der Waals surface area contributed by atoms with Gasteiger partial charge in [0, 0.05) is 24.0 Å². The van der Waals surface area contributed by atoms with Crippen molar-refractivity contribution in [3.8, 4) is 0 Å². The lowest BCUT2D eigenvalue weighted by molar-refractivity contribution is -0.137. The van der Waals surface area contributed by atoms with E-state index in [1.54, 1.807) is 11.3 Å². The Hall–Kier alpha value is -0.910. The summed E-state index contributed by atoms with van der Waals surface area (Å²) in [6.45, 7) is 7.18. The van der Waals surface area contributed by atoms with Gasteiger partial charge in [-0.15, -0.1) is 11.3 Å². The molecular formula is C14H22N2O2S. The normalized spacial score (nSPS) is 19.6. The first kappa shape index (κ1) is 14.5. The van der Waals surface area contributed by atoms with Crippen LogP contribution in [0.5, 0.6) is 0 Å². The number of amides is 1. The lowest BCUT2D eigenvalue weighted by atomic mass is 10.2. The molecule has 1 aromatic heterocycles. The maximum Gasteiger partial charge on any atom is 0.225 e. The standard InChI is InChI=1S/C14H22N2O2S/c1-11(2)16(10-13-4-3-7-19-13)14(17)8-12-9-15-5-6-18-12/h3-4,7,11-12,15H,5-6,8-10H2,1-2H3. The van der Waals surface area contributed by atoms with Crippen molar-refractivity contribution in [3.63, 3.8) is 0 Å². The molecular weight excluding hydrogens is 260 g/mol. The van der Waals surface area contributed by atoms with Gasteiger partial charge in [0.2, 0.25) is 5.91 Å². The number of nitrogens with one attached hydrogen (secondary N) is 1. The van der Waals surface area contributed by atoms with Gasteiger partial charge in [-0.3, -0.25) is 4.79 Å². The average molecular weight is 282 g/mol. The number of nitrogens with zero attached hydrogens (tertiary/aromatic N) is 1. The third kappa shape index (κ3) is 4.30. The van der Waals surface area contributed by atoms with E-state index in [2.05, 4.69) is 25.2 Å². The van der Waals surface area contributed by atoms with Gasteiger partial charge in [0.15, 0.2) is 0 Å². The molecule has 1 N–H and O–H groups in total. The summed E-state index contributed by atoms with van der Waals surface area (Å²) in [6, 6.07) is 4.31. The Balaban J connectivity index is 1.92. The second kappa shape index (κ2) is 7.03. The second-order valence-corrected chi connectivity index (χ2v) is 6.13. The van der Waals surface area contributed by atoms with E-state index >= 15 is 0 Å². The minimum atomic E-state index is 0.0193. The molecule has 1 atom stereocenters. The molecule has 5 heteroatoms. The van der Waals surface area contributed by atoms with Gasteiger partial charge in [-0.2, -0.15) is 0 Å². The monoisotopic (exact) mass is 282 g/mol. The molecule has 1 amide bonds. The van der Waals surface area contributed by atoms with Crippen LogP contribution in [0.15, 0.2) is 17.5 Å². The summed E-state index contributed by atoms with van der Waals surface area (Å²) in [5, 5.41) is 5.31. The van der Waals surface area contributed by atoms with E-state index in [1.165, 1.54) is 4.88 Å². The van der Waals surface area contributed by atoms with Crippen LogP contribution in [-0.2, 0) is 16.1 Å². The van der Waals surface area contributed by atoms with Crippen LogP contribution in [0, 0.1) is 0 Å². The van der Waals surface area contributed by atoms with Gasteiger partial charge in [-0.05, 0) is 25.3 Å². The lowest BCUT2D eigenvalue weighted by Crippen LogP contribution is -2.43. The molecule has 1 fully saturated rings. The molecule has 1 unspecified atom stereocenters. The van der Waals surface area contributed by atoms with Crippen LogP contribution in [0.1, 0.15) is 25.1 Å². The minimum Gasteiger partial charge on any atom is -0.375 e. The van der Waals surface area contributed by atoms with Crippen LogP contribution >= 0.6 is 11.3 Å². The predicted octanol–water partition coefficient (Wildman–Crippen LogP) is 1.86. The van der Waals surface area contributed by atoms with Crippen LogP contribution in [-0.4, -0.2) is 42.6 Å². The Morgan fingerprint density at radius 3 is 3.05 bits per heavy atom. The summed E-state index contributed by atoms with van der Waals surface area (Å²) in [4.78, 5) is 15.6. The number of hydrogen-bond donors (Lipinski definition) is 1. The van der Waals surface area contributed by atoms with E-state index in [1.807, 2.05) is 16.3 Å². The van der Waals surface area contributed by atoms with E-state index in [4.69, 9.17) is 4.74 Å². The van der Waals surface area contributed by atoms with Gasteiger partial charge in [-0.25, -0.2) is 0 Å². The molecule has 1 aliphatic rings. The number of hydrogen-bond acceptors (Lipinski definition) is 4. The largest absolute Gasteiger partial charge is 0.375 e. The molecule has 2 heterocycles. The molecule has 1 aliphatic heterocycles. The first-order valence-electron chi connectivity index (χ1n) is 6.81. The van der Waals surface area contributed by atoms with E-state index < -0.39 is 0 Å². The predicted molar refractivity (Wildman–Crippen MR) is 77.2 cm³/mol. The highest BCUT2D eigenvalue weighted by atomic mass is 32.1. The van der Waals surface area contributed by atoms with Gasteiger partial charge in [0.05, 0.1) is 25.7 Å². The van der Waals surface area contributed by atoms with E-state index in [9.17, 15) is 4.79 Å². The Bertz CT molecular complexity index is 386. The highest BCUT2D eigenvalue weighted by molar-refractivity contribution is 7.09. The van der Waals surface area contributed by atoms with E-state index in [0.29, 0.717) is 19.6 Å². The van der Waals surface area contributed by atoms with Crippen molar-refractivity contribution in [1.82, 2.24) is 10.2 Å². The molecule has 1 aromatic rings. The fourth-order valence-electron chi connectivity index (χ4n) is 2.19. The first-order chi connectivity index (χ1) is 9.16. The Labute approximate surface area is 118 Å². The Morgan fingerprint density at radius 1 is 1.63 bits per heavy atom. The fourth-order valence-corrected chi connectivity index (χ4v) is 2.89. The van der Waals surface area contributed by atoms with Crippen LogP contribution in [0.2, 0.25) is 0 Å². The number of morpholine rings is 1. The molecule has 19 heavy (non-hydrogen) atoms. The third-order valence-electron chi connectivity index (χ3n) is 3.26. The molecule has 4 nitrogen and oxygen atoms in total. The van der Waals surface area contributed by atoms with Gasteiger partial charge in [-0.1, -0.05) is 6.07 Å². The fraction of sp³-hybridized carbons (Fsp3) is 0.643. The summed E-state index contributed by atoms with van der Waals surface area (Å²) < 4.78 is 5.61. The molecule has 0 aromatic carbocycles. The molecule has 2 rings (SSSR count). The highest BCUT2D eigenvalue weighted by Crippen LogP contribution is 2.16. The first-order valence-corrected chi connectivity index (χ1v) is 7.69. The number of carbonyl (C=O) groups is 1. The summed E-state index contributed by atoms with van der Waals surface area (Å²) >= 11 is 1.69. The number of carbonyl (C=O) groups excluding carboxylic acids is 1. The third-order valence-corrected chi connectivity index (χ3v) is 4.12. The molecule has 0 radical (unpaired) electrons. The van der Waals surface area contributed by atoms with Crippen molar-refractivity contribution in [1.29, 1.82) is 0 Å². The number of rotatable bonds is 5. The van der Waals surface area contributed by atoms with Gasteiger partial charge < -0.3 is 15.0 Å². The SMILES string of the molecule is CC(C)N(Cc1cccs1)C(=O)CC1CNCCO1. The zero-order valence-electron chi connectivity index (χ0n) is 11.6. The summed E-state index contributed by atoms with van der Waals surface area (Å²) in [5.74, 6) is 0.178. The second-order valence-electron chi connectivity index (χ2n) is 5.10. The summed E-state index contributed by atoms with van der Waals surface area (Å²) in [5.41, 5.74) is 0. The van der Waals surface area contributed by atoms with Gasteiger partial charge in [0.25, 0.3) is 0 Å². The molecule has 106 valence electrons. The van der Waals surface area contributed by atoms with Crippen molar-refractivity contribution < 1.29 is 9.53 Å². The number of thiophene rings is 1. The summed E-state index contributed by atoms with van der Waals surface area (Å²) in [6.07, 6.45) is 0.488. The van der Waals surface area contributed by atoms with Crippen molar-refractivity contribution in [2.45, 2.75) is 39.0 Å². The van der Waals surface area contributed by atoms with Crippen molar-refractivity contribution in [2.75, 3.05) is 19.7 Å². The van der Waals surface area contributed by atoms with E-state index in [0.717, 1.165) is 13.1 Å². The maximum absolute atomic E-state index is 12.4. The van der Waals surface area contributed by atoms with Crippen molar-refractivity contribution in [3.05, 3.63) is 22.4 Å². The van der Waals surface area contributed by atoms with Crippen LogP contribution in [0.3, 0.4) is 0 Å². The molecule has 0 aliphatic carbocycles. The smallest absolute Gasteiger partial charge is 0.225 e. The van der Waals surface area contributed by atoms with Crippen LogP contribution in [0.4, 0.5) is 0 Å². The average Bonchev–Trinajstić information content (AvgIpc) is 2.89. The van der Waals surface area contributed by atoms with E-state index in [-0.39, 0.29) is 18.1 Å². The minimum absolute atomic E-state index is 0.0193. The van der Waals surface area contributed by atoms with Crippen LogP contribution in [0.25, 0.3) is 0 Å². The highest BCUT2D eigenvalue weighted by Gasteiger charge is 2.23. The Kier molecular flexibility index (Phi) is 5.36. The molecule has 0 saturated carbocycles. The summed E-state index contributed by atoms with van der Waals surface area (Å²) in [7, 11) is 0. The molecule has 1 saturated heterocycles. The lowest BCUT2D eigenvalue weighted by Gasteiger charge is -2.30. The van der Waals surface area contributed by atoms with Crippen LogP contribution < -0.4 is 5.32 Å². The molecule has 0 spiro atoms.